The van der Waals surface area contributed by atoms with E-state index in [-0.39, 0.29) is 21.1 Å². The minimum absolute atomic E-state index is 0. The first-order valence-corrected chi connectivity index (χ1v) is 9.11. The number of benzene rings is 2. The Morgan fingerprint density at radius 1 is 0.655 bits per heavy atom. The Morgan fingerprint density at radius 2 is 0.931 bits per heavy atom. The van der Waals surface area contributed by atoms with Gasteiger partial charge in [0.2, 0.25) is 0 Å². The molecule has 1 aliphatic rings. The monoisotopic (exact) mass is 495 g/mol. The third kappa shape index (κ3) is 15.8. The van der Waals surface area contributed by atoms with Crippen LogP contribution in [0.4, 0.5) is 0 Å². The number of hydrogen-bond acceptors (Lipinski definition) is 1. The molecular weight excluding hydrogens is 475 g/mol. The molecule has 0 unspecified atom stereocenters. The molecule has 0 amide bonds. The van der Waals surface area contributed by atoms with Gasteiger partial charge in [-0.1, -0.05) is 36.4 Å². The zero-order valence-corrected chi connectivity index (χ0v) is 18.2. The molecule has 0 spiro atoms. The molecule has 1 saturated carbocycles. The molecule has 0 aromatic heterocycles. The molecule has 3 radical (unpaired) electrons. The molecule has 6 nitrogen and oxygen atoms in total. The van der Waals surface area contributed by atoms with Crippen molar-refractivity contribution >= 4 is 18.0 Å². The van der Waals surface area contributed by atoms with Gasteiger partial charge in [0, 0.05) is 31.7 Å². The van der Waals surface area contributed by atoms with Crippen molar-refractivity contribution in [3.63, 3.8) is 0 Å². The van der Waals surface area contributed by atoms with Crippen molar-refractivity contribution in [2.24, 2.45) is 0 Å². The van der Waals surface area contributed by atoms with Crippen LogP contribution in [0.25, 0.3) is 0 Å². The molecule has 3 rings (SSSR count). The van der Waals surface area contributed by atoms with Crippen molar-refractivity contribution in [1.29, 1.82) is 0 Å². The van der Waals surface area contributed by atoms with E-state index in [0.29, 0.717) is 10.6 Å². The Kier molecular flexibility index (Phi) is 31.5. The Labute approximate surface area is 186 Å². The maximum absolute atomic E-state index is 12.2. The zero-order valence-electron chi connectivity index (χ0n) is 15.3. The molecule has 2 aromatic carbocycles. The second kappa shape index (κ2) is 26.3. The van der Waals surface area contributed by atoms with Gasteiger partial charge in [-0.2, -0.15) is 0 Å². The van der Waals surface area contributed by atoms with Crippen LogP contribution in [0.2, 0.25) is 0 Å². The first-order chi connectivity index (χ1) is 13.7. The van der Waals surface area contributed by atoms with Gasteiger partial charge in [0.15, 0.2) is 0 Å². The van der Waals surface area contributed by atoms with Crippen molar-refractivity contribution in [1.82, 2.24) is 0 Å². The van der Waals surface area contributed by atoms with E-state index in [1.54, 1.807) is 48.5 Å². The van der Waals surface area contributed by atoms with Crippen molar-refractivity contribution in [3.05, 3.63) is 107 Å². The summed E-state index contributed by atoms with van der Waals surface area (Å²) < 4.78 is 42.2. The first kappa shape index (κ1) is 34.8. The maximum Gasteiger partial charge on any atom is 0 e. The Bertz CT molecular complexity index is 647. The van der Waals surface area contributed by atoms with Crippen molar-refractivity contribution in [2.45, 2.75) is 12.8 Å². The fourth-order valence-electron chi connectivity index (χ4n) is 1.89. The summed E-state index contributed by atoms with van der Waals surface area (Å²) in [5, 5.41) is 0.937. The van der Waals surface area contributed by atoms with Gasteiger partial charge in [-0.15, -0.1) is 0 Å². The summed E-state index contributed by atoms with van der Waals surface area (Å²) in [6, 6.07) is 17.4. The van der Waals surface area contributed by atoms with Gasteiger partial charge in [-0.25, -0.2) is 0 Å². The summed E-state index contributed by atoms with van der Waals surface area (Å²) in [4.78, 5) is 10.0. The van der Waals surface area contributed by atoms with E-state index in [1.165, 1.54) is 12.8 Å². The SMILES string of the molecule is O=P(O)(c1ccccc1)c1ccccc1.[C-]#[O+].[C-]#[O+].[C-]#[O+].[C-]#[O+].[CH]1[CH]CC[CH]1.[Mo]. The van der Waals surface area contributed by atoms with Gasteiger partial charge in [0.25, 0.3) is 7.37 Å². The molecule has 2 aromatic rings. The quantitative estimate of drug-likeness (QED) is 0.300. The molecule has 0 atom stereocenters. The second-order valence-electron chi connectivity index (χ2n) is 4.49. The van der Waals surface area contributed by atoms with E-state index in [2.05, 4.69) is 45.9 Å². The molecule has 1 fully saturated rings. The van der Waals surface area contributed by atoms with Crippen molar-refractivity contribution < 1.29 is 49.1 Å². The molecule has 0 heterocycles. The largest absolute Gasteiger partial charge is 0.0496 e. The van der Waals surface area contributed by atoms with E-state index >= 15 is 0 Å². The predicted molar refractivity (Wildman–Crippen MR) is 99.8 cm³/mol. The zero-order chi connectivity index (χ0) is 22.3. The van der Waals surface area contributed by atoms with Crippen LogP contribution >= 0.6 is 7.37 Å². The van der Waals surface area contributed by atoms with Gasteiger partial charge in [-0.3, -0.25) is 4.57 Å². The number of rotatable bonds is 2. The Balaban J connectivity index is -0.000000187. The second-order valence-corrected chi connectivity index (χ2v) is 6.67. The molecule has 1 N–H and O–H groups in total. The molecule has 0 aliphatic heterocycles. The maximum atomic E-state index is 12.2. The van der Waals surface area contributed by atoms with Crippen molar-refractivity contribution in [2.75, 3.05) is 0 Å². The molecule has 0 saturated heterocycles. The van der Waals surface area contributed by atoms with Crippen LogP contribution in [-0.4, -0.2) is 4.89 Å². The smallest absolute Gasteiger partial charge is 0 e. The summed E-state index contributed by atoms with van der Waals surface area (Å²) in [6.45, 7) is 18.0. The summed E-state index contributed by atoms with van der Waals surface area (Å²) in [5.74, 6) is 0. The minimum atomic E-state index is -3.40. The summed E-state index contributed by atoms with van der Waals surface area (Å²) in [5.41, 5.74) is 0. The summed E-state index contributed by atoms with van der Waals surface area (Å²) in [7, 11) is -3.40. The van der Waals surface area contributed by atoms with E-state index in [1.807, 2.05) is 12.1 Å². The van der Waals surface area contributed by atoms with Crippen LogP contribution in [-0.2, 0) is 44.2 Å². The predicted octanol–water partition coefficient (Wildman–Crippen LogP) is 3.15. The molecular formula is C21H18MoO6P. The van der Waals surface area contributed by atoms with Crippen LogP contribution in [0, 0.1) is 45.9 Å². The third-order valence-corrected chi connectivity index (χ3v) is 4.98. The van der Waals surface area contributed by atoms with Gasteiger partial charge < -0.3 is 4.89 Å². The van der Waals surface area contributed by atoms with E-state index in [9.17, 15) is 9.46 Å². The summed E-state index contributed by atoms with van der Waals surface area (Å²) >= 11 is 0. The van der Waals surface area contributed by atoms with E-state index < -0.39 is 7.37 Å². The van der Waals surface area contributed by atoms with E-state index in [4.69, 9.17) is 18.6 Å². The molecule has 1 aliphatic carbocycles. The number of hydrogen-bond donors (Lipinski definition) is 1. The standard InChI is InChI=1S/C12H11O2P.C5H7.4CO.Mo/c13-15(14,11-7-3-1-4-8-11)12-9-5-2-6-10-12;1-2-4-5-3-1;4*1-2;/h1-10H,(H,13,14);1-3H,4-5H2;;;;;. The van der Waals surface area contributed by atoms with Gasteiger partial charge in [0.1, 0.15) is 0 Å². The van der Waals surface area contributed by atoms with Gasteiger partial charge in [-0.05, 0) is 56.4 Å². The normalized spacial score (nSPS) is 10.2. The van der Waals surface area contributed by atoms with Crippen LogP contribution in [0.1, 0.15) is 12.8 Å². The van der Waals surface area contributed by atoms with Crippen LogP contribution in [0.5, 0.6) is 0 Å². The fraction of sp³-hybridized carbons (Fsp3) is 0.0952. The molecule has 8 heteroatoms. The van der Waals surface area contributed by atoms with Gasteiger partial charge >= 0.3 is 45.2 Å². The molecule has 0 bridgehead atoms. The average Bonchev–Trinajstić information content (AvgIpc) is 3.41. The Hall–Kier alpha value is -1.72. The Morgan fingerprint density at radius 3 is 1.14 bits per heavy atom. The van der Waals surface area contributed by atoms with Gasteiger partial charge in [0.05, 0.1) is 0 Å². The topological polar surface area (TPSA) is 117 Å². The van der Waals surface area contributed by atoms with Crippen LogP contribution < -0.4 is 10.6 Å². The van der Waals surface area contributed by atoms with Crippen LogP contribution in [0.15, 0.2) is 60.7 Å². The van der Waals surface area contributed by atoms with Crippen LogP contribution in [0.3, 0.4) is 0 Å². The third-order valence-electron chi connectivity index (χ3n) is 2.98. The minimum Gasteiger partial charge on any atom is -0.0496 e. The van der Waals surface area contributed by atoms with Crippen molar-refractivity contribution in [3.8, 4) is 0 Å². The first-order valence-electron chi connectivity index (χ1n) is 7.45. The van der Waals surface area contributed by atoms with E-state index in [0.717, 1.165) is 0 Å². The molecule has 29 heavy (non-hydrogen) atoms. The average molecular weight is 493 g/mol. The fourth-order valence-corrected chi connectivity index (χ4v) is 3.34. The molecule has 149 valence electrons. The summed E-state index contributed by atoms with van der Waals surface area (Å²) in [6.07, 6.45) is 9.00.